The highest BCUT2D eigenvalue weighted by molar-refractivity contribution is 5.76. The van der Waals surface area contributed by atoms with Crippen molar-refractivity contribution in [2.45, 2.75) is 39.3 Å². The van der Waals surface area contributed by atoms with Gasteiger partial charge in [0.05, 0.1) is 11.1 Å². The fraction of sp³-hybridized carbons (Fsp3) is 0.556. The molecule has 3 atom stereocenters. The number of allylic oxidation sites excluding steroid dienone is 2. The number of carbonyl (C=O) groups is 1. The van der Waals surface area contributed by atoms with Gasteiger partial charge in [-0.05, 0) is 44.4 Å². The van der Waals surface area contributed by atoms with Gasteiger partial charge in [-0.3, -0.25) is 24.3 Å². The van der Waals surface area contributed by atoms with Gasteiger partial charge in [-0.15, -0.1) is 0 Å². The molecule has 1 aromatic heterocycles. The number of amides is 1. The molecule has 1 saturated carbocycles. The predicted octanol–water partition coefficient (Wildman–Crippen LogP) is 2.21. The molecule has 3 rings (SSSR count). The Labute approximate surface area is 146 Å². The van der Waals surface area contributed by atoms with Crippen LogP contribution in [-0.2, 0) is 11.3 Å². The molecule has 0 N–H and O–H groups in total. The molecule has 1 aromatic rings. The van der Waals surface area contributed by atoms with Crippen LogP contribution in [0.3, 0.4) is 0 Å². The van der Waals surface area contributed by atoms with E-state index in [2.05, 4.69) is 12.2 Å². The molecule has 1 amide bonds. The summed E-state index contributed by atoms with van der Waals surface area (Å²) in [6.45, 7) is 4.41. The summed E-state index contributed by atoms with van der Waals surface area (Å²) >= 11 is 0. The Hall–Kier alpha value is -2.44. The number of carbonyl (C=O) groups excluding carboxylic acids is 1. The van der Waals surface area contributed by atoms with Gasteiger partial charge in [-0.2, -0.15) is 0 Å². The monoisotopic (exact) mass is 345 g/mol. The first-order valence-corrected chi connectivity index (χ1v) is 8.68. The van der Waals surface area contributed by atoms with Gasteiger partial charge in [-0.25, -0.2) is 0 Å². The second-order valence-corrected chi connectivity index (χ2v) is 7.29. The fourth-order valence-electron chi connectivity index (χ4n) is 3.94. The van der Waals surface area contributed by atoms with E-state index in [0.717, 1.165) is 29.3 Å². The number of fused-ring (bicyclic) bond motifs is 2. The van der Waals surface area contributed by atoms with Gasteiger partial charge < -0.3 is 4.90 Å². The lowest BCUT2D eigenvalue weighted by Gasteiger charge is -2.32. The zero-order valence-corrected chi connectivity index (χ0v) is 14.5. The summed E-state index contributed by atoms with van der Waals surface area (Å²) in [6.07, 6.45) is 7.95. The molecule has 1 fully saturated rings. The Morgan fingerprint density at radius 2 is 2.12 bits per heavy atom. The number of hydrogen-bond donors (Lipinski definition) is 0. The zero-order valence-electron chi connectivity index (χ0n) is 14.5. The maximum absolute atomic E-state index is 12.8. The number of nitrogens with zero attached hydrogens (tertiary/aromatic N) is 3. The van der Waals surface area contributed by atoms with Crippen LogP contribution in [0, 0.1) is 27.9 Å². The van der Waals surface area contributed by atoms with Crippen molar-refractivity contribution in [2.75, 3.05) is 6.54 Å². The molecular formula is C18H23N3O4. The third kappa shape index (κ3) is 3.65. The molecule has 25 heavy (non-hydrogen) atoms. The van der Waals surface area contributed by atoms with E-state index in [4.69, 9.17) is 0 Å². The lowest BCUT2D eigenvalue weighted by atomic mass is 9.92. The minimum atomic E-state index is -0.567. The first-order chi connectivity index (χ1) is 11.8. The molecule has 7 nitrogen and oxygen atoms in total. The number of hydrogen-bond acceptors (Lipinski definition) is 4. The Bertz CT molecular complexity index is 768. The molecular weight excluding hydrogens is 322 g/mol. The van der Waals surface area contributed by atoms with Crippen LogP contribution in [0.2, 0.25) is 0 Å². The average Bonchev–Trinajstić information content (AvgIpc) is 3.16. The van der Waals surface area contributed by atoms with Gasteiger partial charge in [0.15, 0.2) is 0 Å². The third-order valence-electron chi connectivity index (χ3n) is 5.28. The van der Waals surface area contributed by atoms with E-state index < -0.39 is 10.5 Å². The summed E-state index contributed by atoms with van der Waals surface area (Å²) < 4.78 is 1.12. The topological polar surface area (TPSA) is 85.4 Å². The molecule has 7 heteroatoms. The molecule has 0 aromatic carbocycles. The Kier molecular flexibility index (Phi) is 4.74. The van der Waals surface area contributed by atoms with Crippen LogP contribution in [0.5, 0.6) is 0 Å². The van der Waals surface area contributed by atoms with E-state index >= 15 is 0 Å². The van der Waals surface area contributed by atoms with Crippen LogP contribution in [0.4, 0.5) is 5.69 Å². The van der Waals surface area contributed by atoms with Crippen molar-refractivity contribution in [1.82, 2.24) is 9.47 Å². The number of nitro groups is 1. The molecule has 2 aliphatic rings. The van der Waals surface area contributed by atoms with E-state index in [1.807, 2.05) is 13.8 Å². The third-order valence-corrected chi connectivity index (χ3v) is 5.28. The minimum absolute atomic E-state index is 0.0185. The van der Waals surface area contributed by atoms with Crippen molar-refractivity contribution in [2.24, 2.45) is 17.8 Å². The highest BCUT2D eigenvalue weighted by Crippen LogP contribution is 2.43. The van der Waals surface area contributed by atoms with E-state index in [-0.39, 0.29) is 24.2 Å². The van der Waals surface area contributed by atoms with Gasteiger partial charge in [-0.1, -0.05) is 12.2 Å². The molecule has 0 aliphatic heterocycles. The van der Waals surface area contributed by atoms with Gasteiger partial charge >= 0.3 is 0 Å². The minimum Gasteiger partial charge on any atom is -0.338 e. The van der Waals surface area contributed by atoms with Crippen molar-refractivity contribution in [1.29, 1.82) is 0 Å². The molecule has 0 spiro atoms. The SMILES string of the molecule is CC(C)N(CC1CC2C=CC1C2)C(=O)Cn1cc([N+](=O)[O-])ccc1=O. The first-order valence-electron chi connectivity index (χ1n) is 8.68. The highest BCUT2D eigenvalue weighted by atomic mass is 16.6. The molecule has 2 bridgehead atoms. The molecule has 3 unspecified atom stereocenters. The van der Waals surface area contributed by atoms with E-state index in [1.54, 1.807) is 4.90 Å². The van der Waals surface area contributed by atoms with Crippen molar-refractivity contribution >= 4 is 11.6 Å². The fourth-order valence-corrected chi connectivity index (χ4v) is 3.94. The standard InChI is InChI=1S/C18H23N3O4/c1-12(2)20(9-15-8-13-3-4-14(15)7-13)18(23)11-19-10-16(21(24)25)5-6-17(19)22/h3-6,10,12-15H,7-9,11H2,1-2H3. The Morgan fingerprint density at radius 1 is 1.36 bits per heavy atom. The lowest BCUT2D eigenvalue weighted by molar-refractivity contribution is -0.385. The lowest BCUT2D eigenvalue weighted by Crippen LogP contribution is -2.43. The van der Waals surface area contributed by atoms with Crippen LogP contribution >= 0.6 is 0 Å². The van der Waals surface area contributed by atoms with E-state index in [9.17, 15) is 19.7 Å². The molecule has 134 valence electrons. The van der Waals surface area contributed by atoms with Crippen LogP contribution in [0.1, 0.15) is 26.7 Å². The number of aromatic nitrogens is 1. The summed E-state index contributed by atoms with van der Waals surface area (Å²) in [5.74, 6) is 1.46. The summed E-state index contributed by atoms with van der Waals surface area (Å²) in [6, 6.07) is 2.31. The number of rotatable bonds is 6. The molecule has 0 radical (unpaired) electrons. The van der Waals surface area contributed by atoms with E-state index in [0.29, 0.717) is 24.3 Å². The predicted molar refractivity (Wildman–Crippen MR) is 93.0 cm³/mol. The Balaban J connectivity index is 1.73. The highest BCUT2D eigenvalue weighted by Gasteiger charge is 2.37. The van der Waals surface area contributed by atoms with Crippen molar-refractivity contribution in [3.05, 3.63) is 50.9 Å². The van der Waals surface area contributed by atoms with E-state index in [1.165, 1.54) is 6.42 Å². The largest absolute Gasteiger partial charge is 0.338 e. The van der Waals surface area contributed by atoms with Gasteiger partial charge in [0.1, 0.15) is 6.54 Å². The van der Waals surface area contributed by atoms with Crippen molar-refractivity contribution < 1.29 is 9.72 Å². The maximum Gasteiger partial charge on any atom is 0.285 e. The van der Waals surface area contributed by atoms with Crippen LogP contribution < -0.4 is 5.56 Å². The summed E-state index contributed by atoms with van der Waals surface area (Å²) in [5.41, 5.74) is -0.604. The number of pyridine rings is 1. The van der Waals surface area contributed by atoms with Gasteiger partial charge in [0.25, 0.3) is 11.2 Å². The zero-order chi connectivity index (χ0) is 18.1. The normalized spacial score (nSPS) is 24.0. The summed E-state index contributed by atoms with van der Waals surface area (Å²) in [5, 5.41) is 10.9. The second kappa shape index (κ2) is 6.82. The summed E-state index contributed by atoms with van der Waals surface area (Å²) in [4.78, 5) is 36.8. The van der Waals surface area contributed by atoms with Crippen molar-refractivity contribution in [3.63, 3.8) is 0 Å². The quantitative estimate of drug-likeness (QED) is 0.449. The maximum atomic E-state index is 12.8. The van der Waals surface area contributed by atoms with Crippen LogP contribution in [-0.4, -0.2) is 32.9 Å². The second-order valence-electron chi connectivity index (χ2n) is 7.29. The van der Waals surface area contributed by atoms with Gasteiger partial charge in [0.2, 0.25) is 5.91 Å². The van der Waals surface area contributed by atoms with Gasteiger partial charge in [0, 0.05) is 24.7 Å². The average molecular weight is 345 g/mol. The summed E-state index contributed by atoms with van der Waals surface area (Å²) in [7, 11) is 0. The molecule has 1 heterocycles. The molecule has 0 saturated heterocycles. The van der Waals surface area contributed by atoms with Crippen LogP contribution in [0.25, 0.3) is 0 Å². The Morgan fingerprint density at radius 3 is 2.68 bits per heavy atom. The molecule has 2 aliphatic carbocycles. The smallest absolute Gasteiger partial charge is 0.285 e. The van der Waals surface area contributed by atoms with Crippen LogP contribution in [0.15, 0.2) is 35.3 Å². The van der Waals surface area contributed by atoms with Crippen molar-refractivity contribution in [3.8, 4) is 0 Å². The first kappa shape index (κ1) is 17.4.